The summed E-state index contributed by atoms with van der Waals surface area (Å²) in [5, 5.41) is 0.996. The number of rotatable bonds is 2. The first-order chi connectivity index (χ1) is 10.2. The lowest BCUT2D eigenvalue weighted by Gasteiger charge is -2.05. The highest BCUT2D eigenvalue weighted by molar-refractivity contribution is 9.10. The zero-order chi connectivity index (χ0) is 14.4. The number of hydrogen-bond acceptors (Lipinski definition) is 3. The van der Waals surface area contributed by atoms with E-state index in [1.807, 2.05) is 24.3 Å². The Balaban J connectivity index is 1.90. The van der Waals surface area contributed by atoms with Gasteiger partial charge >= 0.3 is 0 Å². The Morgan fingerprint density at radius 1 is 1.19 bits per heavy atom. The molecule has 0 unspecified atom stereocenters. The maximum Gasteiger partial charge on any atom is 0.255 e. The minimum atomic E-state index is -0.110. The molecular formula is C15H10BrN3O2. The zero-order valence-corrected chi connectivity index (χ0v) is 12.4. The summed E-state index contributed by atoms with van der Waals surface area (Å²) in [7, 11) is 0. The number of furan rings is 1. The second kappa shape index (κ2) is 4.60. The number of para-hydroxylation sites is 1. The lowest BCUT2D eigenvalue weighted by atomic mass is 10.2. The average molecular weight is 344 g/mol. The molecule has 3 aromatic heterocycles. The van der Waals surface area contributed by atoms with Gasteiger partial charge in [0.2, 0.25) is 5.78 Å². The first-order valence-electron chi connectivity index (χ1n) is 6.42. The summed E-state index contributed by atoms with van der Waals surface area (Å²) in [4.78, 5) is 16.3. The molecule has 0 aliphatic heterocycles. The van der Waals surface area contributed by atoms with Gasteiger partial charge in [0.1, 0.15) is 11.3 Å². The molecule has 0 aliphatic carbocycles. The molecule has 0 fully saturated rings. The molecule has 3 heterocycles. The van der Waals surface area contributed by atoms with Gasteiger partial charge in [-0.05, 0) is 28.1 Å². The van der Waals surface area contributed by atoms with Crippen LogP contribution in [0.2, 0.25) is 0 Å². The normalized spacial score (nSPS) is 11.5. The fourth-order valence-electron chi connectivity index (χ4n) is 2.42. The molecule has 21 heavy (non-hydrogen) atoms. The monoisotopic (exact) mass is 343 g/mol. The van der Waals surface area contributed by atoms with Gasteiger partial charge < -0.3 is 4.42 Å². The van der Waals surface area contributed by atoms with Crippen LogP contribution in [-0.2, 0) is 6.54 Å². The number of imidazole rings is 1. The predicted octanol–water partition coefficient (Wildman–Crippen LogP) is 3.05. The summed E-state index contributed by atoms with van der Waals surface area (Å²) in [5.41, 5.74) is 0.684. The lowest BCUT2D eigenvalue weighted by Crippen LogP contribution is -2.21. The van der Waals surface area contributed by atoms with E-state index in [-0.39, 0.29) is 5.56 Å². The quantitative estimate of drug-likeness (QED) is 0.562. The number of nitrogens with zero attached hydrogens (tertiary/aromatic N) is 3. The first kappa shape index (κ1) is 12.4. The van der Waals surface area contributed by atoms with E-state index in [0.29, 0.717) is 18.1 Å². The maximum atomic E-state index is 12.1. The molecule has 1 aromatic carbocycles. The van der Waals surface area contributed by atoms with E-state index in [2.05, 4.69) is 20.9 Å². The van der Waals surface area contributed by atoms with Gasteiger partial charge in [0.25, 0.3) is 5.56 Å². The highest BCUT2D eigenvalue weighted by Gasteiger charge is 2.14. The molecule has 0 saturated carbocycles. The molecule has 0 atom stereocenters. The highest BCUT2D eigenvalue weighted by atomic mass is 79.9. The number of benzene rings is 1. The van der Waals surface area contributed by atoms with Crippen molar-refractivity contribution in [3.05, 3.63) is 69.5 Å². The smallest absolute Gasteiger partial charge is 0.255 e. The second-order valence-electron chi connectivity index (χ2n) is 4.71. The molecule has 0 saturated heterocycles. The minimum absolute atomic E-state index is 0.110. The summed E-state index contributed by atoms with van der Waals surface area (Å²) in [6, 6.07) is 9.27. The van der Waals surface area contributed by atoms with Gasteiger partial charge in [0.05, 0.1) is 11.0 Å². The molecule has 104 valence electrons. The minimum Gasteiger partial charge on any atom is -0.458 e. The molecular weight excluding hydrogens is 334 g/mol. The van der Waals surface area contributed by atoms with Crippen LogP contribution >= 0.6 is 15.9 Å². The van der Waals surface area contributed by atoms with Crippen molar-refractivity contribution in [3.63, 3.8) is 0 Å². The Labute approximate surface area is 127 Å². The summed E-state index contributed by atoms with van der Waals surface area (Å²) >= 11 is 3.55. The van der Waals surface area contributed by atoms with Crippen molar-refractivity contribution < 1.29 is 4.42 Å². The Bertz CT molecular complexity index is 1010. The molecule has 4 rings (SSSR count). The van der Waals surface area contributed by atoms with Crippen LogP contribution in [0.5, 0.6) is 0 Å². The third-order valence-electron chi connectivity index (χ3n) is 3.44. The summed E-state index contributed by atoms with van der Waals surface area (Å²) < 4.78 is 10.1. The third-order valence-corrected chi connectivity index (χ3v) is 4.31. The van der Waals surface area contributed by atoms with Gasteiger partial charge in [0.15, 0.2) is 0 Å². The van der Waals surface area contributed by atoms with Crippen LogP contribution < -0.4 is 5.56 Å². The Morgan fingerprint density at radius 3 is 2.90 bits per heavy atom. The molecule has 0 radical (unpaired) electrons. The summed E-state index contributed by atoms with van der Waals surface area (Å²) in [6.45, 7) is 0.329. The van der Waals surface area contributed by atoms with Crippen LogP contribution in [0, 0.1) is 0 Å². The molecule has 0 bridgehead atoms. The number of hydrogen-bond donors (Lipinski definition) is 0. The van der Waals surface area contributed by atoms with Crippen molar-refractivity contribution in [1.29, 1.82) is 0 Å². The molecule has 0 aliphatic rings. The van der Waals surface area contributed by atoms with Gasteiger partial charge in [-0.2, -0.15) is 0 Å². The Hall–Kier alpha value is -2.34. The largest absolute Gasteiger partial charge is 0.458 e. The third kappa shape index (κ3) is 1.91. The molecule has 4 aromatic rings. The second-order valence-corrected chi connectivity index (χ2v) is 5.50. The van der Waals surface area contributed by atoms with Crippen LogP contribution in [0.25, 0.3) is 16.7 Å². The van der Waals surface area contributed by atoms with Gasteiger partial charge in [-0.15, -0.1) is 0 Å². The lowest BCUT2D eigenvalue weighted by molar-refractivity contribution is 0.522. The van der Waals surface area contributed by atoms with Crippen molar-refractivity contribution in [1.82, 2.24) is 14.0 Å². The zero-order valence-electron chi connectivity index (χ0n) is 10.9. The van der Waals surface area contributed by atoms with Crippen LogP contribution in [0.1, 0.15) is 5.76 Å². The van der Waals surface area contributed by atoms with E-state index in [9.17, 15) is 4.79 Å². The molecule has 5 nitrogen and oxygen atoms in total. The van der Waals surface area contributed by atoms with Crippen molar-refractivity contribution >= 4 is 32.7 Å². The van der Waals surface area contributed by atoms with Crippen LogP contribution in [-0.4, -0.2) is 14.0 Å². The van der Waals surface area contributed by atoms with Gasteiger partial charge in [0, 0.05) is 30.0 Å². The fraction of sp³-hybridized carbons (Fsp3) is 0.0667. The van der Waals surface area contributed by atoms with E-state index in [0.717, 1.165) is 15.4 Å². The topological polar surface area (TPSA) is 52.4 Å². The molecule has 0 N–H and O–H groups in total. The van der Waals surface area contributed by atoms with Gasteiger partial charge in [-0.25, -0.2) is 4.98 Å². The van der Waals surface area contributed by atoms with Crippen molar-refractivity contribution in [2.24, 2.45) is 0 Å². The predicted molar refractivity (Wildman–Crippen MR) is 82.5 cm³/mol. The summed E-state index contributed by atoms with van der Waals surface area (Å²) in [6.07, 6.45) is 5.17. The molecule has 0 spiro atoms. The van der Waals surface area contributed by atoms with Crippen LogP contribution in [0.4, 0.5) is 0 Å². The number of aromatic nitrogens is 3. The molecule has 6 heteroatoms. The van der Waals surface area contributed by atoms with Crippen molar-refractivity contribution in [2.75, 3.05) is 0 Å². The Morgan fingerprint density at radius 2 is 2.05 bits per heavy atom. The van der Waals surface area contributed by atoms with Gasteiger partial charge in [-0.1, -0.05) is 12.1 Å². The number of fused-ring (bicyclic) bond motifs is 2. The first-order valence-corrected chi connectivity index (χ1v) is 7.22. The van der Waals surface area contributed by atoms with E-state index < -0.39 is 0 Å². The highest BCUT2D eigenvalue weighted by Crippen LogP contribution is 2.31. The Kier molecular flexibility index (Phi) is 2.71. The van der Waals surface area contributed by atoms with E-state index in [1.54, 1.807) is 27.6 Å². The van der Waals surface area contributed by atoms with Crippen molar-refractivity contribution in [3.8, 4) is 0 Å². The standard InChI is InChI=1S/C15H10BrN3O2/c16-14-10-3-1-2-4-11(10)21-12(14)9-19-13(20)5-7-18-8-6-17-15(18)19/h1-8H,9H2. The van der Waals surface area contributed by atoms with E-state index in [4.69, 9.17) is 4.42 Å². The van der Waals surface area contributed by atoms with E-state index in [1.165, 1.54) is 6.07 Å². The fourth-order valence-corrected chi connectivity index (χ4v) is 2.96. The molecule has 0 amide bonds. The maximum absolute atomic E-state index is 12.1. The average Bonchev–Trinajstić information content (AvgIpc) is 3.08. The summed E-state index contributed by atoms with van der Waals surface area (Å²) in [5.74, 6) is 1.30. The van der Waals surface area contributed by atoms with Crippen molar-refractivity contribution in [2.45, 2.75) is 6.54 Å². The van der Waals surface area contributed by atoms with Crippen LogP contribution in [0.15, 0.2) is 62.6 Å². The SMILES string of the molecule is O=c1ccn2ccnc2n1Cc1oc2ccccc2c1Br. The van der Waals surface area contributed by atoms with Gasteiger partial charge in [-0.3, -0.25) is 13.8 Å². The van der Waals surface area contributed by atoms with E-state index >= 15 is 0 Å². The van der Waals surface area contributed by atoms with Crippen LogP contribution in [0.3, 0.4) is 0 Å². The number of halogens is 1.